The van der Waals surface area contributed by atoms with Crippen molar-refractivity contribution in [3.8, 4) is 0 Å². The van der Waals surface area contributed by atoms with E-state index in [-0.39, 0.29) is 12.4 Å². The number of hydrogen-bond acceptors (Lipinski definition) is 5. The fourth-order valence-corrected chi connectivity index (χ4v) is 1.09. The Bertz CT molecular complexity index is 332. The summed E-state index contributed by atoms with van der Waals surface area (Å²) < 4.78 is 15.2. The molecule has 0 saturated carbocycles. The average molecular weight is 213 g/mol. The monoisotopic (exact) mass is 213 g/mol. The molecule has 0 aromatic carbocycles. The predicted molar refractivity (Wildman–Crippen MR) is 52.5 cm³/mol. The van der Waals surface area contributed by atoms with Gasteiger partial charge < -0.3 is 13.9 Å². The van der Waals surface area contributed by atoms with Crippen molar-refractivity contribution in [3.05, 3.63) is 17.3 Å². The number of carbonyl (C=O) groups is 1. The molecule has 0 spiro atoms. The van der Waals surface area contributed by atoms with Gasteiger partial charge in [-0.2, -0.15) is 0 Å². The third-order valence-electron chi connectivity index (χ3n) is 1.73. The van der Waals surface area contributed by atoms with Crippen molar-refractivity contribution < 1.29 is 18.7 Å². The number of ether oxygens (including phenoxy) is 2. The van der Waals surface area contributed by atoms with Crippen molar-refractivity contribution in [2.75, 3.05) is 13.2 Å². The topological polar surface area (TPSA) is 61.6 Å². The van der Waals surface area contributed by atoms with Crippen LogP contribution in [0.3, 0.4) is 0 Å². The van der Waals surface area contributed by atoms with Crippen molar-refractivity contribution in [3.63, 3.8) is 0 Å². The molecule has 1 rings (SSSR count). The molecule has 0 unspecified atom stereocenters. The average Bonchev–Trinajstić information content (AvgIpc) is 2.57. The van der Waals surface area contributed by atoms with Gasteiger partial charge in [0.05, 0.1) is 12.3 Å². The Morgan fingerprint density at radius 3 is 2.73 bits per heavy atom. The lowest BCUT2D eigenvalue weighted by Crippen LogP contribution is -2.04. The van der Waals surface area contributed by atoms with E-state index in [1.54, 1.807) is 13.8 Å². The van der Waals surface area contributed by atoms with E-state index in [0.29, 0.717) is 24.8 Å². The zero-order chi connectivity index (χ0) is 11.3. The molecule has 1 heterocycles. The van der Waals surface area contributed by atoms with Crippen LogP contribution < -0.4 is 0 Å². The molecule has 0 aliphatic rings. The first-order valence-electron chi connectivity index (χ1n) is 4.90. The van der Waals surface area contributed by atoms with Gasteiger partial charge in [-0.15, -0.1) is 0 Å². The second kappa shape index (κ2) is 5.50. The zero-order valence-corrected chi connectivity index (χ0v) is 9.20. The van der Waals surface area contributed by atoms with Gasteiger partial charge in [0.15, 0.2) is 0 Å². The molecule has 84 valence electrons. The van der Waals surface area contributed by atoms with Gasteiger partial charge in [0.1, 0.15) is 6.61 Å². The summed E-state index contributed by atoms with van der Waals surface area (Å²) in [5, 5.41) is 0. The first-order valence-corrected chi connectivity index (χ1v) is 4.90. The van der Waals surface area contributed by atoms with E-state index in [0.717, 1.165) is 0 Å². The Morgan fingerprint density at radius 2 is 2.13 bits per heavy atom. The fourth-order valence-electron chi connectivity index (χ4n) is 1.09. The van der Waals surface area contributed by atoms with Crippen molar-refractivity contribution in [2.45, 2.75) is 27.4 Å². The molecule has 0 atom stereocenters. The van der Waals surface area contributed by atoms with Gasteiger partial charge in [-0.1, -0.05) is 0 Å². The summed E-state index contributed by atoms with van der Waals surface area (Å²) in [7, 11) is 0. The van der Waals surface area contributed by atoms with E-state index >= 15 is 0 Å². The summed E-state index contributed by atoms with van der Waals surface area (Å²) >= 11 is 0. The molecular weight excluding hydrogens is 198 g/mol. The first kappa shape index (κ1) is 11.7. The van der Waals surface area contributed by atoms with Gasteiger partial charge in [0.25, 0.3) is 0 Å². The summed E-state index contributed by atoms with van der Waals surface area (Å²) in [4.78, 5) is 15.4. The van der Waals surface area contributed by atoms with E-state index in [2.05, 4.69) is 4.98 Å². The number of hydrogen-bond donors (Lipinski definition) is 0. The lowest BCUT2D eigenvalue weighted by molar-refractivity contribution is 0.0479. The van der Waals surface area contributed by atoms with E-state index in [1.165, 1.54) is 0 Å². The second-order valence-electron chi connectivity index (χ2n) is 2.88. The minimum absolute atomic E-state index is 0.159. The maximum atomic E-state index is 11.4. The SMILES string of the molecule is CCOCc1nc(C)c(C(=O)OCC)o1. The molecule has 0 fully saturated rings. The van der Waals surface area contributed by atoms with E-state index in [9.17, 15) is 4.79 Å². The highest BCUT2D eigenvalue weighted by molar-refractivity contribution is 5.87. The molecule has 0 amide bonds. The lowest BCUT2D eigenvalue weighted by Gasteiger charge is -1.97. The first-order chi connectivity index (χ1) is 7.19. The third-order valence-corrected chi connectivity index (χ3v) is 1.73. The Balaban J connectivity index is 2.72. The number of carbonyl (C=O) groups excluding carboxylic acids is 1. The molecule has 0 aliphatic carbocycles. The highest BCUT2D eigenvalue weighted by Gasteiger charge is 2.18. The van der Waals surface area contributed by atoms with E-state index < -0.39 is 5.97 Å². The summed E-state index contributed by atoms with van der Waals surface area (Å²) in [6.07, 6.45) is 0. The molecule has 0 radical (unpaired) electrons. The van der Waals surface area contributed by atoms with Crippen LogP contribution >= 0.6 is 0 Å². The van der Waals surface area contributed by atoms with Crippen molar-refractivity contribution in [1.82, 2.24) is 4.98 Å². The highest BCUT2D eigenvalue weighted by atomic mass is 16.5. The van der Waals surface area contributed by atoms with Crippen LogP contribution in [-0.4, -0.2) is 24.2 Å². The van der Waals surface area contributed by atoms with Crippen LogP contribution in [0.15, 0.2) is 4.42 Å². The Hall–Kier alpha value is -1.36. The van der Waals surface area contributed by atoms with Crippen LogP contribution in [0, 0.1) is 6.92 Å². The van der Waals surface area contributed by atoms with E-state index in [4.69, 9.17) is 13.9 Å². The maximum Gasteiger partial charge on any atom is 0.376 e. The molecule has 15 heavy (non-hydrogen) atoms. The van der Waals surface area contributed by atoms with Crippen molar-refractivity contribution in [2.24, 2.45) is 0 Å². The molecule has 5 heteroatoms. The molecule has 1 aromatic rings. The number of rotatable bonds is 5. The normalized spacial score (nSPS) is 10.3. The van der Waals surface area contributed by atoms with E-state index in [1.807, 2.05) is 6.92 Å². The predicted octanol–water partition coefficient (Wildman–Crippen LogP) is 1.70. The molecule has 5 nitrogen and oxygen atoms in total. The summed E-state index contributed by atoms with van der Waals surface area (Å²) in [6.45, 7) is 6.49. The Labute approximate surface area is 88.4 Å². The van der Waals surface area contributed by atoms with Crippen molar-refractivity contribution >= 4 is 5.97 Å². The van der Waals surface area contributed by atoms with Crippen LogP contribution in [0.25, 0.3) is 0 Å². The summed E-state index contributed by atoms with van der Waals surface area (Å²) in [6, 6.07) is 0. The van der Waals surface area contributed by atoms with Crippen LogP contribution in [0.1, 0.15) is 36.0 Å². The minimum atomic E-state index is -0.481. The van der Waals surface area contributed by atoms with Crippen LogP contribution in [0.4, 0.5) is 0 Å². The maximum absolute atomic E-state index is 11.4. The van der Waals surface area contributed by atoms with Gasteiger partial charge in [0, 0.05) is 6.61 Å². The van der Waals surface area contributed by atoms with Gasteiger partial charge in [0.2, 0.25) is 11.7 Å². The molecule has 0 bridgehead atoms. The number of nitrogens with zero attached hydrogens (tertiary/aromatic N) is 1. The smallest absolute Gasteiger partial charge is 0.376 e. The zero-order valence-electron chi connectivity index (χ0n) is 9.20. The third kappa shape index (κ3) is 3.06. The van der Waals surface area contributed by atoms with Gasteiger partial charge in [-0.05, 0) is 20.8 Å². The number of aryl methyl sites for hydroxylation is 1. The molecule has 0 saturated heterocycles. The Kier molecular flexibility index (Phi) is 4.30. The largest absolute Gasteiger partial charge is 0.460 e. The molecule has 1 aromatic heterocycles. The standard InChI is InChI=1S/C10H15NO4/c1-4-13-6-8-11-7(3)9(15-8)10(12)14-5-2/h4-6H2,1-3H3. The second-order valence-corrected chi connectivity index (χ2v) is 2.88. The van der Waals surface area contributed by atoms with Gasteiger partial charge in [-0.25, -0.2) is 9.78 Å². The quantitative estimate of drug-likeness (QED) is 0.696. The molecular formula is C10H15NO4. The van der Waals surface area contributed by atoms with Crippen LogP contribution in [0.5, 0.6) is 0 Å². The molecule has 0 N–H and O–H groups in total. The van der Waals surface area contributed by atoms with Crippen LogP contribution in [0.2, 0.25) is 0 Å². The molecule has 0 aliphatic heterocycles. The van der Waals surface area contributed by atoms with Gasteiger partial charge >= 0.3 is 5.97 Å². The van der Waals surface area contributed by atoms with Gasteiger partial charge in [-0.3, -0.25) is 0 Å². The summed E-state index contributed by atoms with van der Waals surface area (Å²) in [5.74, 6) is 0.0780. The van der Waals surface area contributed by atoms with Crippen molar-refractivity contribution in [1.29, 1.82) is 0 Å². The van der Waals surface area contributed by atoms with Crippen LogP contribution in [-0.2, 0) is 16.1 Å². The number of oxazole rings is 1. The minimum Gasteiger partial charge on any atom is -0.460 e. The Morgan fingerprint density at radius 1 is 1.40 bits per heavy atom. The summed E-state index contributed by atoms with van der Waals surface area (Å²) in [5.41, 5.74) is 0.531. The highest BCUT2D eigenvalue weighted by Crippen LogP contribution is 2.12. The fraction of sp³-hybridized carbons (Fsp3) is 0.600. The number of aromatic nitrogens is 1. The number of esters is 1. The lowest BCUT2D eigenvalue weighted by atomic mass is 10.4.